The Balaban J connectivity index is 1.13. The van der Waals surface area contributed by atoms with Crippen LogP contribution in [0.15, 0.2) is 42.6 Å². The van der Waals surface area contributed by atoms with Gasteiger partial charge in [-0.3, -0.25) is 4.90 Å². The molecular formula is C25H31F3N6O. The van der Waals surface area contributed by atoms with E-state index in [2.05, 4.69) is 15.3 Å². The number of carbonyl (C=O) groups excluding carboxylic acids is 1. The second-order valence-corrected chi connectivity index (χ2v) is 9.91. The lowest BCUT2D eigenvalue weighted by molar-refractivity contribution is -0.138. The molecule has 1 unspecified atom stereocenters. The van der Waals surface area contributed by atoms with Gasteiger partial charge in [0.2, 0.25) is 5.95 Å². The van der Waals surface area contributed by atoms with Crippen molar-refractivity contribution in [2.45, 2.75) is 57.5 Å². The van der Waals surface area contributed by atoms with Crippen molar-refractivity contribution in [3.63, 3.8) is 0 Å². The van der Waals surface area contributed by atoms with Crippen molar-refractivity contribution >= 4 is 12.0 Å². The largest absolute Gasteiger partial charge is 0.419 e. The molecule has 3 atom stereocenters. The van der Waals surface area contributed by atoms with Gasteiger partial charge in [0, 0.05) is 64.6 Å². The highest BCUT2D eigenvalue weighted by molar-refractivity contribution is 5.76. The molecule has 35 heavy (non-hydrogen) atoms. The maximum atomic E-state index is 13.2. The summed E-state index contributed by atoms with van der Waals surface area (Å²) in [7, 11) is 0. The van der Waals surface area contributed by atoms with E-state index < -0.39 is 36.4 Å². The number of amides is 2. The Morgan fingerprint density at radius 3 is 2.31 bits per heavy atom. The molecule has 1 N–H and O–H groups in total. The molecule has 1 saturated carbocycles. The van der Waals surface area contributed by atoms with Gasteiger partial charge in [-0.1, -0.05) is 30.2 Å². The molecular weight excluding hydrogens is 457 g/mol. The van der Waals surface area contributed by atoms with Crippen LogP contribution >= 0.6 is 0 Å². The van der Waals surface area contributed by atoms with Crippen LogP contribution in [0.5, 0.6) is 0 Å². The van der Waals surface area contributed by atoms with Gasteiger partial charge in [0.25, 0.3) is 0 Å². The van der Waals surface area contributed by atoms with Crippen molar-refractivity contribution in [1.29, 1.82) is 0 Å². The minimum Gasteiger partial charge on any atom is -0.337 e. The van der Waals surface area contributed by atoms with Crippen LogP contribution < -0.4 is 10.2 Å². The van der Waals surface area contributed by atoms with E-state index >= 15 is 0 Å². The predicted molar refractivity (Wildman–Crippen MR) is 126 cm³/mol. The van der Waals surface area contributed by atoms with Gasteiger partial charge < -0.3 is 15.1 Å². The molecule has 1 aliphatic carbocycles. The summed E-state index contributed by atoms with van der Waals surface area (Å²) < 4.78 is 86.8. The average Bonchev–Trinajstić information content (AvgIpc) is 2.86. The number of likely N-dealkylation sites (tertiary alicyclic amines) is 1. The Bertz CT molecular complexity index is 1290. The van der Waals surface area contributed by atoms with Gasteiger partial charge in [0.05, 0.1) is 12.4 Å². The smallest absolute Gasteiger partial charge is 0.337 e. The highest BCUT2D eigenvalue weighted by Gasteiger charge is 2.52. The van der Waals surface area contributed by atoms with E-state index in [1.165, 1.54) is 0 Å². The van der Waals surface area contributed by atoms with Crippen molar-refractivity contribution in [2.75, 3.05) is 31.1 Å². The normalized spacial score (nSPS) is 28.0. The predicted octanol–water partition coefficient (Wildman–Crippen LogP) is 3.77. The van der Waals surface area contributed by atoms with Gasteiger partial charge in [-0.25, -0.2) is 14.8 Å². The summed E-state index contributed by atoms with van der Waals surface area (Å²) >= 11 is 0. The van der Waals surface area contributed by atoms with Gasteiger partial charge in [-0.05, 0) is 37.7 Å². The lowest BCUT2D eigenvalue weighted by Crippen LogP contribution is -2.68. The lowest BCUT2D eigenvalue weighted by atomic mass is 9.60. The van der Waals surface area contributed by atoms with Crippen LogP contribution in [-0.4, -0.2) is 70.1 Å². The van der Waals surface area contributed by atoms with Gasteiger partial charge >= 0.3 is 12.2 Å². The number of nitrogens with zero attached hydrogens (tertiary/aromatic N) is 5. The van der Waals surface area contributed by atoms with Gasteiger partial charge in [-0.15, -0.1) is 0 Å². The molecule has 2 aliphatic heterocycles. The standard InChI is InChI=1S/C25H31F3N6O/c1-17-12-33(22-29-10-20(11-30-22)25(26,27)28)13-18(2)34(17)23(35)31-21-8-24(9-21)15-32(16-24)14-19-6-4-3-5-7-19/h3-7,10-11,17-18,21H,8-9,12-16H2,1-2H3,(H,31,35)/t17-,18+/i3D,4D,5D,6D,7D,14D/t14?,17-,18+. The SMILES string of the molecule is [2H]c1c([2H])c([2H])c(C([2H])N2CC3(CC(NC(=O)N4[C@H](C)CN(c5ncc(C(F)(F)F)cn5)C[C@@H]4C)C3)C2)c([2H])c1[2H]. The molecule has 3 aliphatic rings. The van der Waals surface area contributed by atoms with E-state index in [1.807, 2.05) is 13.8 Å². The number of piperazine rings is 1. The summed E-state index contributed by atoms with van der Waals surface area (Å²) in [4.78, 5) is 26.2. The Labute approximate surface area is 211 Å². The molecule has 1 spiro atoms. The number of rotatable bonds is 4. The molecule has 3 heterocycles. The zero-order chi connectivity index (χ0) is 30.0. The van der Waals surface area contributed by atoms with Crippen LogP contribution in [0.4, 0.5) is 23.9 Å². The summed E-state index contributed by atoms with van der Waals surface area (Å²) in [5, 5.41) is 3.08. The van der Waals surface area contributed by atoms with E-state index in [9.17, 15) is 18.0 Å². The number of hydrogen-bond acceptors (Lipinski definition) is 5. The highest BCUT2D eigenvalue weighted by Crippen LogP contribution is 2.48. The van der Waals surface area contributed by atoms with Crippen LogP contribution in [0, 0.1) is 5.41 Å². The fraction of sp³-hybridized carbons (Fsp3) is 0.560. The number of halogens is 3. The maximum absolute atomic E-state index is 13.2. The van der Waals surface area contributed by atoms with E-state index in [0.29, 0.717) is 39.0 Å². The fourth-order valence-corrected chi connectivity index (χ4v) is 5.53. The first-order valence-corrected chi connectivity index (χ1v) is 11.6. The quantitative estimate of drug-likeness (QED) is 0.701. The molecule has 0 bridgehead atoms. The fourth-order valence-electron chi connectivity index (χ4n) is 5.53. The Morgan fingerprint density at radius 2 is 1.74 bits per heavy atom. The van der Waals surface area contributed by atoms with Crippen molar-refractivity contribution in [1.82, 2.24) is 25.1 Å². The monoisotopic (exact) mass is 494 g/mol. The van der Waals surface area contributed by atoms with E-state index in [0.717, 1.165) is 12.4 Å². The maximum Gasteiger partial charge on any atom is 0.419 e. The molecule has 0 radical (unpaired) electrons. The first kappa shape index (κ1) is 17.5. The second-order valence-electron chi connectivity index (χ2n) is 9.91. The molecule has 7 nitrogen and oxygen atoms in total. The minimum absolute atomic E-state index is 0.0289. The lowest BCUT2D eigenvalue weighted by Gasteiger charge is -2.59. The third-order valence-electron chi connectivity index (χ3n) is 7.00. The van der Waals surface area contributed by atoms with Gasteiger partial charge in [-0.2, -0.15) is 13.2 Å². The molecule has 5 rings (SSSR count). The number of urea groups is 1. The summed E-state index contributed by atoms with van der Waals surface area (Å²) in [6.45, 7) is 4.47. The topological polar surface area (TPSA) is 64.6 Å². The minimum atomic E-state index is -4.51. The molecule has 1 aromatic carbocycles. The number of nitrogens with one attached hydrogen (secondary N) is 1. The summed E-state index contributed by atoms with van der Waals surface area (Å²) in [6, 6.07) is -2.83. The first-order chi connectivity index (χ1) is 19.1. The Kier molecular flexibility index (Phi) is 4.49. The molecule has 2 amide bonds. The number of aromatic nitrogens is 2. The molecule has 10 heteroatoms. The van der Waals surface area contributed by atoms with Crippen LogP contribution in [0.3, 0.4) is 0 Å². The summed E-state index contributed by atoms with van der Waals surface area (Å²) in [6.07, 6.45) is -1.56. The van der Waals surface area contributed by atoms with E-state index in [1.54, 1.807) is 14.7 Å². The van der Waals surface area contributed by atoms with Crippen molar-refractivity contribution < 1.29 is 26.2 Å². The third kappa shape index (κ3) is 4.94. The van der Waals surface area contributed by atoms with Crippen LogP contribution in [0.1, 0.15) is 46.0 Å². The number of anilines is 1. The van der Waals surface area contributed by atoms with Gasteiger partial charge in [0.15, 0.2) is 0 Å². The molecule has 2 saturated heterocycles. The van der Waals surface area contributed by atoms with Crippen molar-refractivity contribution in [3.05, 3.63) is 53.7 Å². The Morgan fingerprint density at radius 1 is 1.14 bits per heavy atom. The molecule has 1 aromatic heterocycles. The van der Waals surface area contributed by atoms with E-state index in [-0.39, 0.29) is 53.2 Å². The number of carbonyl (C=O) groups is 1. The zero-order valence-electron chi connectivity index (χ0n) is 25.5. The molecule has 188 valence electrons. The van der Waals surface area contributed by atoms with Crippen molar-refractivity contribution in [3.8, 4) is 0 Å². The number of benzene rings is 1. The first-order valence-electron chi connectivity index (χ1n) is 14.7. The van der Waals surface area contributed by atoms with Crippen LogP contribution in [0.25, 0.3) is 0 Å². The summed E-state index contributed by atoms with van der Waals surface area (Å²) in [5.74, 6) is 0.184. The Hall–Kier alpha value is -2.88. The van der Waals surface area contributed by atoms with Gasteiger partial charge in [0.1, 0.15) is 0 Å². The third-order valence-corrected chi connectivity index (χ3v) is 7.00. The number of hydrogen-bond donors (Lipinski definition) is 1. The average molecular weight is 495 g/mol. The second kappa shape index (κ2) is 8.96. The van der Waals surface area contributed by atoms with E-state index in [4.69, 9.17) is 8.22 Å². The zero-order valence-corrected chi connectivity index (χ0v) is 19.5. The van der Waals surface area contributed by atoms with Crippen molar-refractivity contribution in [2.24, 2.45) is 5.41 Å². The molecule has 2 aromatic rings. The van der Waals surface area contributed by atoms with Crippen LogP contribution in [0.2, 0.25) is 0 Å². The molecule has 3 fully saturated rings. The van der Waals surface area contributed by atoms with Crippen LogP contribution in [-0.2, 0) is 12.7 Å². The summed E-state index contributed by atoms with van der Waals surface area (Å²) in [5.41, 5.74) is -1.03. The number of alkyl halides is 3. The highest BCUT2D eigenvalue weighted by atomic mass is 19.4.